The lowest BCUT2D eigenvalue weighted by Gasteiger charge is -2.34. The van der Waals surface area contributed by atoms with E-state index >= 15 is 0 Å². The molecular formula is C21H28N4OS. The maximum Gasteiger partial charge on any atom is 0.263 e. The third kappa shape index (κ3) is 3.93. The molecule has 1 amide bonds. The van der Waals surface area contributed by atoms with Gasteiger partial charge in [0, 0.05) is 25.6 Å². The van der Waals surface area contributed by atoms with Crippen LogP contribution in [0.3, 0.4) is 0 Å². The zero-order valence-corrected chi connectivity index (χ0v) is 16.9. The number of thiazole rings is 1. The number of rotatable bonds is 4. The molecule has 5 nitrogen and oxygen atoms in total. The first-order valence-electron chi connectivity index (χ1n) is 9.94. The van der Waals surface area contributed by atoms with Gasteiger partial charge in [-0.2, -0.15) is 0 Å². The Bertz CT molecular complexity index is 812. The fourth-order valence-electron chi connectivity index (χ4n) is 4.13. The minimum absolute atomic E-state index is 0.0118. The van der Waals surface area contributed by atoms with Gasteiger partial charge in [-0.15, -0.1) is 11.3 Å². The Morgan fingerprint density at radius 1 is 1.41 bits per heavy atom. The van der Waals surface area contributed by atoms with Crippen molar-refractivity contribution in [2.75, 3.05) is 26.2 Å². The number of fused-ring (bicyclic) bond motifs is 1. The molecule has 1 saturated heterocycles. The van der Waals surface area contributed by atoms with Crippen molar-refractivity contribution in [1.29, 1.82) is 0 Å². The molecule has 4 rings (SSSR count). The highest BCUT2D eigenvalue weighted by molar-refractivity contribution is 7.13. The van der Waals surface area contributed by atoms with Crippen molar-refractivity contribution < 1.29 is 4.79 Å². The average Bonchev–Trinajstić information content (AvgIpc) is 3.10. The van der Waals surface area contributed by atoms with Gasteiger partial charge in [0.15, 0.2) is 0 Å². The third-order valence-electron chi connectivity index (χ3n) is 5.68. The number of hydrogen-bond donors (Lipinski definition) is 2. The summed E-state index contributed by atoms with van der Waals surface area (Å²) in [5.41, 5.74) is 3.41. The van der Waals surface area contributed by atoms with Crippen molar-refractivity contribution >= 4 is 17.2 Å². The van der Waals surface area contributed by atoms with E-state index in [1.807, 2.05) is 6.92 Å². The second-order valence-electron chi connectivity index (χ2n) is 7.56. The third-order valence-corrected chi connectivity index (χ3v) is 7.00. The number of piperidine rings is 1. The number of aromatic nitrogens is 1. The van der Waals surface area contributed by atoms with Gasteiger partial charge in [0.25, 0.3) is 5.91 Å². The molecule has 0 saturated carbocycles. The SMILES string of the molecule is CCN1Cc2ccccc2C(NC(=O)c2sc(C3CCCNC3)nc2C)C1. The molecule has 6 heteroatoms. The molecule has 1 aromatic carbocycles. The Labute approximate surface area is 165 Å². The zero-order chi connectivity index (χ0) is 18.8. The predicted octanol–water partition coefficient (Wildman–Crippen LogP) is 3.23. The van der Waals surface area contributed by atoms with Crippen molar-refractivity contribution in [3.63, 3.8) is 0 Å². The summed E-state index contributed by atoms with van der Waals surface area (Å²) in [7, 11) is 0. The smallest absolute Gasteiger partial charge is 0.263 e. The van der Waals surface area contributed by atoms with Crippen LogP contribution in [0, 0.1) is 6.92 Å². The largest absolute Gasteiger partial charge is 0.343 e. The minimum atomic E-state index is 0.0118. The number of hydrogen-bond acceptors (Lipinski definition) is 5. The van der Waals surface area contributed by atoms with Crippen LogP contribution in [0.2, 0.25) is 0 Å². The molecule has 0 radical (unpaired) electrons. The molecular weight excluding hydrogens is 356 g/mol. The first-order valence-corrected chi connectivity index (χ1v) is 10.8. The Hall–Kier alpha value is -1.76. The van der Waals surface area contributed by atoms with E-state index in [1.54, 1.807) is 11.3 Å². The van der Waals surface area contributed by atoms with Crippen LogP contribution in [0.4, 0.5) is 0 Å². The molecule has 1 fully saturated rings. The van der Waals surface area contributed by atoms with E-state index in [4.69, 9.17) is 4.98 Å². The summed E-state index contributed by atoms with van der Waals surface area (Å²) in [6.45, 7) is 8.98. The van der Waals surface area contributed by atoms with Crippen molar-refractivity contribution in [2.24, 2.45) is 0 Å². The van der Waals surface area contributed by atoms with Crippen LogP contribution < -0.4 is 10.6 Å². The first-order chi connectivity index (χ1) is 13.2. The number of benzene rings is 1. The number of nitrogens with one attached hydrogen (secondary N) is 2. The van der Waals surface area contributed by atoms with Crippen LogP contribution in [0.15, 0.2) is 24.3 Å². The van der Waals surface area contributed by atoms with Crippen molar-refractivity contribution in [2.45, 2.75) is 45.2 Å². The number of aryl methyl sites for hydroxylation is 1. The molecule has 0 spiro atoms. The average molecular weight is 385 g/mol. The predicted molar refractivity (Wildman–Crippen MR) is 109 cm³/mol. The van der Waals surface area contributed by atoms with Gasteiger partial charge >= 0.3 is 0 Å². The van der Waals surface area contributed by atoms with Gasteiger partial charge in [-0.25, -0.2) is 4.98 Å². The Balaban J connectivity index is 1.53. The molecule has 1 aromatic heterocycles. The highest BCUT2D eigenvalue weighted by atomic mass is 32.1. The molecule has 2 aliphatic rings. The summed E-state index contributed by atoms with van der Waals surface area (Å²) in [5.74, 6) is 0.452. The summed E-state index contributed by atoms with van der Waals surface area (Å²) >= 11 is 1.57. The van der Waals surface area contributed by atoms with Gasteiger partial charge in [-0.1, -0.05) is 31.2 Å². The van der Waals surface area contributed by atoms with E-state index in [1.165, 1.54) is 17.5 Å². The second kappa shape index (κ2) is 8.09. The number of amides is 1. The monoisotopic (exact) mass is 384 g/mol. The first kappa shape index (κ1) is 18.6. The maximum absolute atomic E-state index is 13.1. The minimum Gasteiger partial charge on any atom is -0.343 e. The van der Waals surface area contributed by atoms with Crippen LogP contribution in [-0.2, 0) is 6.54 Å². The lowest BCUT2D eigenvalue weighted by Crippen LogP contribution is -2.41. The van der Waals surface area contributed by atoms with Crippen LogP contribution in [0.5, 0.6) is 0 Å². The molecule has 2 aromatic rings. The van der Waals surface area contributed by atoms with E-state index in [2.05, 4.69) is 46.7 Å². The molecule has 0 bridgehead atoms. The van der Waals surface area contributed by atoms with E-state index in [0.717, 1.165) is 54.7 Å². The lowest BCUT2D eigenvalue weighted by molar-refractivity contribution is 0.0921. The quantitative estimate of drug-likeness (QED) is 0.850. The second-order valence-corrected chi connectivity index (χ2v) is 8.59. The van der Waals surface area contributed by atoms with Gasteiger partial charge < -0.3 is 10.6 Å². The van der Waals surface area contributed by atoms with Crippen LogP contribution in [0.1, 0.15) is 63.2 Å². The number of carbonyl (C=O) groups excluding carboxylic acids is 1. The summed E-state index contributed by atoms with van der Waals surface area (Å²) in [5, 5.41) is 7.83. The molecule has 3 heterocycles. The topological polar surface area (TPSA) is 57.3 Å². The highest BCUT2D eigenvalue weighted by Gasteiger charge is 2.28. The Morgan fingerprint density at radius 2 is 2.26 bits per heavy atom. The number of carbonyl (C=O) groups is 1. The Kier molecular flexibility index (Phi) is 5.57. The van der Waals surface area contributed by atoms with E-state index < -0.39 is 0 Å². The van der Waals surface area contributed by atoms with Crippen molar-refractivity contribution in [3.05, 3.63) is 51.0 Å². The zero-order valence-electron chi connectivity index (χ0n) is 16.1. The van der Waals surface area contributed by atoms with Gasteiger partial charge in [-0.05, 0) is 44.0 Å². The molecule has 27 heavy (non-hydrogen) atoms. The molecule has 2 atom stereocenters. The summed E-state index contributed by atoms with van der Waals surface area (Å²) in [6, 6.07) is 8.48. The molecule has 144 valence electrons. The highest BCUT2D eigenvalue weighted by Crippen LogP contribution is 2.31. The van der Waals surface area contributed by atoms with E-state index in [-0.39, 0.29) is 11.9 Å². The fraction of sp³-hybridized carbons (Fsp3) is 0.524. The molecule has 2 aliphatic heterocycles. The summed E-state index contributed by atoms with van der Waals surface area (Å²) in [4.78, 5) is 20.9. The summed E-state index contributed by atoms with van der Waals surface area (Å²) < 4.78 is 0. The van der Waals surface area contributed by atoms with Gasteiger partial charge in [0.2, 0.25) is 0 Å². The molecule has 0 aliphatic carbocycles. The van der Waals surface area contributed by atoms with Crippen LogP contribution >= 0.6 is 11.3 Å². The van der Waals surface area contributed by atoms with Gasteiger partial charge in [-0.3, -0.25) is 9.69 Å². The standard InChI is InChI=1S/C21H28N4OS/c1-3-25-12-16-7-4-5-9-17(16)18(13-25)24-20(26)19-14(2)23-21(27-19)15-8-6-10-22-11-15/h4-5,7,9,15,18,22H,3,6,8,10-13H2,1-2H3,(H,24,26). The van der Waals surface area contributed by atoms with E-state index in [9.17, 15) is 4.79 Å². The van der Waals surface area contributed by atoms with Crippen LogP contribution in [-0.4, -0.2) is 42.0 Å². The van der Waals surface area contributed by atoms with Gasteiger partial charge in [0.1, 0.15) is 4.88 Å². The normalized spacial score (nSPS) is 23.0. The van der Waals surface area contributed by atoms with Crippen LogP contribution in [0.25, 0.3) is 0 Å². The summed E-state index contributed by atoms with van der Waals surface area (Å²) in [6.07, 6.45) is 2.33. The number of likely N-dealkylation sites (N-methyl/N-ethyl adjacent to an activating group) is 1. The van der Waals surface area contributed by atoms with E-state index in [0.29, 0.717) is 5.92 Å². The lowest BCUT2D eigenvalue weighted by atomic mass is 9.95. The fourth-order valence-corrected chi connectivity index (χ4v) is 5.24. The molecule has 2 unspecified atom stereocenters. The number of nitrogens with zero attached hydrogens (tertiary/aromatic N) is 2. The van der Waals surface area contributed by atoms with Gasteiger partial charge in [0.05, 0.1) is 16.7 Å². The van der Waals surface area contributed by atoms with Crippen molar-refractivity contribution in [1.82, 2.24) is 20.5 Å². The van der Waals surface area contributed by atoms with Crippen molar-refractivity contribution in [3.8, 4) is 0 Å². The Morgan fingerprint density at radius 3 is 3.04 bits per heavy atom. The molecule has 2 N–H and O–H groups in total. The maximum atomic E-state index is 13.1.